The maximum Gasteiger partial charge on any atom is 0.234 e. The predicted octanol–water partition coefficient (Wildman–Crippen LogP) is 2.87. The van der Waals surface area contributed by atoms with Gasteiger partial charge in [0.15, 0.2) is 0 Å². The predicted molar refractivity (Wildman–Crippen MR) is 78.0 cm³/mol. The van der Waals surface area contributed by atoms with E-state index < -0.39 is 11.6 Å². The normalized spacial score (nSPS) is 12.4. The molecule has 0 saturated carbocycles. The molecule has 0 saturated heterocycles. The van der Waals surface area contributed by atoms with Gasteiger partial charge >= 0.3 is 0 Å². The molecule has 118 valence electrons. The van der Waals surface area contributed by atoms with Crippen molar-refractivity contribution in [2.75, 3.05) is 13.6 Å². The molecule has 2 aromatic rings. The maximum absolute atomic E-state index is 13.6. The fourth-order valence-electron chi connectivity index (χ4n) is 2.14. The summed E-state index contributed by atoms with van der Waals surface area (Å²) in [5.74, 6) is -0.764. The van der Waals surface area contributed by atoms with E-state index in [0.717, 1.165) is 6.07 Å². The number of carbonyl (C=O) groups excluding carboxylic acids is 1. The first kappa shape index (κ1) is 16.2. The molecule has 1 aromatic heterocycles. The molecule has 1 atom stereocenters. The van der Waals surface area contributed by atoms with Gasteiger partial charge in [-0.2, -0.15) is 0 Å². The van der Waals surface area contributed by atoms with E-state index >= 15 is 0 Å². The van der Waals surface area contributed by atoms with Gasteiger partial charge in [-0.1, -0.05) is 6.07 Å². The average molecular weight is 308 g/mol. The minimum Gasteiger partial charge on any atom is -0.467 e. The number of hydrogen-bond acceptors (Lipinski definition) is 3. The van der Waals surface area contributed by atoms with Crippen LogP contribution in [0.15, 0.2) is 41.0 Å². The summed E-state index contributed by atoms with van der Waals surface area (Å²) in [6.45, 7) is 2.13. The van der Waals surface area contributed by atoms with E-state index in [1.807, 2.05) is 6.92 Å². The highest BCUT2D eigenvalue weighted by atomic mass is 19.1. The summed E-state index contributed by atoms with van der Waals surface area (Å²) in [4.78, 5) is 13.6. The summed E-state index contributed by atoms with van der Waals surface area (Å²) in [6.07, 6.45) is 1.54. The van der Waals surface area contributed by atoms with Crippen LogP contribution in [0.5, 0.6) is 0 Å². The van der Waals surface area contributed by atoms with Crippen LogP contribution in [0, 0.1) is 11.6 Å². The summed E-state index contributed by atoms with van der Waals surface area (Å²) in [7, 11) is 1.69. The van der Waals surface area contributed by atoms with E-state index in [-0.39, 0.29) is 25.0 Å². The third-order valence-electron chi connectivity index (χ3n) is 3.22. The fraction of sp³-hybridized carbons (Fsp3) is 0.312. The molecular weight excluding hydrogens is 290 g/mol. The smallest absolute Gasteiger partial charge is 0.234 e. The third kappa shape index (κ3) is 4.39. The van der Waals surface area contributed by atoms with Crippen LogP contribution in [0.25, 0.3) is 0 Å². The summed E-state index contributed by atoms with van der Waals surface area (Å²) in [5.41, 5.74) is 0.343. The van der Waals surface area contributed by atoms with Crippen molar-refractivity contribution in [2.45, 2.75) is 19.5 Å². The lowest BCUT2D eigenvalue weighted by Gasteiger charge is -2.18. The molecular formula is C16H18F2N2O2. The molecule has 0 aliphatic carbocycles. The fourth-order valence-corrected chi connectivity index (χ4v) is 2.14. The van der Waals surface area contributed by atoms with Crippen LogP contribution < -0.4 is 5.32 Å². The van der Waals surface area contributed by atoms with Gasteiger partial charge in [-0.25, -0.2) is 8.78 Å². The highest BCUT2D eigenvalue weighted by molar-refractivity contribution is 5.78. The summed E-state index contributed by atoms with van der Waals surface area (Å²) in [6, 6.07) is 6.71. The Hall–Kier alpha value is -2.21. The molecule has 0 fully saturated rings. The first-order valence-electron chi connectivity index (χ1n) is 6.91. The van der Waals surface area contributed by atoms with Crippen molar-refractivity contribution in [3.05, 3.63) is 59.6 Å². The van der Waals surface area contributed by atoms with Crippen LogP contribution in [0.3, 0.4) is 0 Å². The molecule has 1 unspecified atom stereocenters. The number of amides is 1. The molecule has 6 heteroatoms. The number of rotatable bonds is 6. The van der Waals surface area contributed by atoms with Gasteiger partial charge in [-0.3, -0.25) is 9.69 Å². The largest absolute Gasteiger partial charge is 0.467 e. The molecule has 0 radical (unpaired) electrons. The Labute approximate surface area is 127 Å². The summed E-state index contributed by atoms with van der Waals surface area (Å²) in [5, 5.41) is 2.79. The van der Waals surface area contributed by atoms with Gasteiger partial charge in [0.05, 0.1) is 18.8 Å². The van der Waals surface area contributed by atoms with E-state index in [2.05, 4.69) is 5.32 Å². The Morgan fingerprint density at radius 1 is 1.36 bits per heavy atom. The quantitative estimate of drug-likeness (QED) is 0.892. The molecule has 0 bridgehead atoms. The number of hydrogen-bond donors (Lipinski definition) is 1. The molecule has 0 aliphatic heterocycles. The topological polar surface area (TPSA) is 45.5 Å². The number of halogens is 2. The van der Waals surface area contributed by atoms with Gasteiger partial charge in [-0.15, -0.1) is 0 Å². The molecule has 0 aliphatic rings. The molecule has 1 N–H and O–H groups in total. The van der Waals surface area contributed by atoms with E-state index in [1.54, 1.807) is 30.3 Å². The van der Waals surface area contributed by atoms with Crippen LogP contribution >= 0.6 is 0 Å². The van der Waals surface area contributed by atoms with Gasteiger partial charge in [-0.05, 0) is 32.2 Å². The minimum atomic E-state index is -0.617. The second-order valence-corrected chi connectivity index (χ2v) is 5.21. The van der Waals surface area contributed by atoms with Crippen molar-refractivity contribution in [1.29, 1.82) is 0 Å². The first-order chi connectivity index (χ1) is 10.5. The second-order valence-electron chi connectivity index (χ2n) is 5.21. The molecule has 1 amide bonds. The molecule has 0 spiro atoms. The standard InChI is InChI=1S/C16H18F2N2O2/c1-11(15-4-3-7-22-15)19-16(21)10-20(2)9-12-5-6-13(17)8-14(12)18/h3-8,11H,9-10H2,1-2H3,(H,19,21). The van der Waals surface area contributed by atoms with Crippen LogP contribution in [-0.4, -0.2) is 24.4 Å². The Morgan fingerprint density at radius 3 is 2.77 bits per heavy atom. The van der Waals surface area contributed by atoms with E-state index in [1.165, 1.54) is 12.1 Å². The number of nitrogens with one attached hydrogen (secondary N) is 1. The number of furan rings is 1. The van der Waals surface area contributed by atoms with Crippen molar-refractivity contribution in [3.8, 4) is 0 Å². The van der Waals surface area contributed by atoms with Crippen molar-refractivity contribution < 1.29 is 18.0 Å². The van der Waals surface area contributed by atoms with Crippen LogP contribution in [0.1, 0.15) is 24.3 Å². The molecule has 22 heavy (non-hydrogen) atoms. The van der Waals surface area contributed by atoms with Crippen molar-refractivity contribution in [1.82, 2.24) is 10.2 Å². The van der Waals surface area contributed by atoms with E-state index in [0.29, 0.717) is 11.3 Å². The summed E-state index contributed by atoms with van der Waals surface area (Å²) >= 11 is 0. The van der Waals surface area contributed by atoms with Crippen molar-refractivity contribution >= 4 is 5.91 Å². The number of carbonyl (C=O) groups is 1. The van der Waals surface area contributed by atoms with Crippen molar-refractivity contribution in [2.24, 2.45) is 0 Å². The Kier molecular flexibility index (Phi) is 5.27. The zero-order valence-corrected chi connectivity index (χ0v) is 12.5. The lowest BCUT2D eigenvalue weighted by Crippen LogP contribution is -2.36. The Bertz CT molecular complexity index is 629. The lowest BCUT2D eigenvalue weighted by atomic mass is 10.2. The molecule has 1 aromatic carbocycles. The SMILES string of the molecule is CC(NC(=O)CN(C)Cc1ccc(F)cc1F)c1ccco1. The Balaban J connectivity index is 1.86. The van der Waals surface area contributed by atoms with E-state index in [9.17, 15) is 13.6 Å². The van der Waals surface area contributed by atoms with Crippen molar-refractivity contribution in [3.63, 3.8) is 0 Å². The molecule has 4 nitrogen and oxygen atoms in total. The maximum atomic E-state index is 13.6. The van der Waals surface area contributed by atoms with Gasteiger partial charge in [0, 0.05) is 18.2 Å². The zero-order valence-electron chi connectivity index (χ0n) is 12.5. The van der Waals surface area contributed by atoms with Gasteiger partial charge in [0.1, 0.15) is 17.4 Å². The second kappa shape index (κ2) is 7.17. The lowest BCUT2D eigenvalue weighted by molar-refractivity contribution is -0.122. The van der Waals surface area contributed by atoms with Crippen LogP contribution in [0.4, 0.5) is 8.78 Å². The van der Waals surface area contributed by atoms with E-state index in [4.69, 9.17) is 4.42 Å². The minimum absolute atomic E-state index is 0.0991. The first-order valence-corrected chi connectivity index (χ1v) is 6.91. The Morgan fingerprint density at radius 2 is 2.14 bits per heavy atom. The number of nitrogens with zero attached hydrogens (tertiary/aromatic N) is 1. The van der Waals surface area contributed by atoms with Gasteiger partial charge in [0.2, 0.25) is 5.91 Å². The van der Waals surface area contributed by atoms with Crippen LogP contribution in [-0.2, 0) is 11.3 Å². The number of likely N-dealkylation sites (N-methyl/N-ethyl adjacent to an activating group) is 1. The summed E-state index contributed by atoms with van der Waals surface area (Å²) < 4.78 is 31.6. The zero-order chi connectivity index (χ0) is 16.1. The third-order valence-corrected chi connectivity index (χ3v) is 3.22. The average Bonchev–Trinajstić information content (AvgIpc) is 2.95. The number of benzene rings is 1. The highest BCUT2D eigenvalue weighted by Crippen LogP contribution is 2.13. The van der Waals surface area contributed by atoms with Gasteiger partial charge in [0.25, 0.3) is 0 Å². The molecule has 1 heterocycles. The monoisotopic (exact) mass is 308 g/mol. The van der Waals surface area contributed by atoms with Gasteiger partial charge < -0.3 is 9.73 Å². The van der Waals surface area contributed by atoms with Crippen LogP contribution in [0.2, 0.25) is 0 Å². The molecule has 2 rings (SSSR count). The highest BCUT2D eigenvalue weighted by Gasteiger charge is 2.14.